The number of hydrogen-bond donors (Lipinski definition) is 3. The quantitative estimate of drug-likeness (QED) is 0.683. The van der Waals surface area contributed by atoms with Gasteiger partial charge in [0.15, 0.2) is 0 Å². The van der Waals surface area contributed by atoms with E-state index in [0.29, 0.717) is 6.04 Å². The molecule has 1 heterocycles. The zero-order chi connectivity index (χ0) is 10.4. The summed E-state index contributed by atoms with van der Waals surface area (Å²) in [5, 5.41) is 6.71. The van der Waals surface area contributed by atoms with Crippen molar-refractivity contribution in [3.05, 3.63) is 22.4 Å². The maximum atomic E-state index is 3.40. The van der Waals surface area contributed by atoms with Crippen molar-refractivity contribution in [2.75, 3.05) is 13.1 Å². The first kappa shape index (κ1) is 11.8. The van der Waals surface area contributed by atoms with Crippen LogP contribution in [0.15, 0.2) is 16.7 Å². The smallest absolute Gasteiger partial charge is 0.0358 e. The molecule has 0 saturated heterocycles. The summed E-state index contributed by atoms with van der Waals surface area (Å²) in [6.45, 7) is 7.21. The Morgan fingerprint density at radius 1 is 1.43 bits per heavy atom. The van der Waals surface area contributed by atoms with Gasteiger partial charge in [0.05, 0.1) is 0 Å². The fraction of sp³-hybridized carbons (Fsp3) is 0.600. The standard InChI is InChI=1S/C10H18BrN3/c1-8(2)13-4-3-12-7-10-5-9(11)6-14-10/h5-6,8,12-14H,3-4,7H2,1-2H3. The van der Waals surface area contributed by atoms with E-state index in [0.717, 1.165) is 24.1 Å². The minimum atomic E-state index is 0.566. The molecule has 14 heavy (non-hydrogen) atoms. The number of aromatic amines is 1. The molecule has 4 heteroatoms. The Balaban J connectivity index is 2.04. The van der Waals surface area contributed by atoms with E-state index in [1.54, 1.807) is 0 Å². The van der Waals surface area contributed by atoms with Crippen LogP contribution in [0.2, 0.25) is 0 Å². The molecule has 0 bridgehead atoms. The SMILES string of the molecule is CC(C)NCCNCc1cc(Br)c[nH]1. The molecule has 0 aliphatic heterocycles. The van der Waals surface area contributed by atoms with E-state index in [1.807, 2.05) is 6.20 Å². The molecule has 0 amide bonds. The number of rotatable bonds is 6. The lowest BCUT2D eigenvalue weighted by molar-refractivity contribution is 0.554. The third kappa shape index (κ3) is 4.79. The van der Waals surface area contributed by atoms with Crippen molar-refractivity contribution >= 4 is 15.9 Å². The highest BCUT2D eigenvalue weighted by Crippen LogP contribution is 2.09. The van der Waals surface area contributed by atoms with Gasteiger partial charge in [0, 0.05) is 42.0 Å². The number of nitrogens with one attached hydrogen (secondary N) is 3. The van der Waals surface area contributed by atoms with Crippen molar-refractivity contribution < 1.29 is 0 Å². The molecule has 80 valence electrons. The van der Waals surface area contributed by atoms with Gasteiger partial charge in [0.1, 0.15) is 0 Å². The van der Waals surface area contributed by atoms with Crippen molar-refractivity contribution in [3.8, 4) is 0 Å². The molecule has 0 radical (unpaired) electrons. The van der Waals surface area contributed by atoms with Crippen LogP contribution in [0.5, 0.6) is 0 Å². The van der Waals surface area contributed by atoms with Gasteiger partial charge in [-0.15, -0.1) is 0 Å². The van der Waals surface area contributed by atoms with Crippen LogP contribution in [0.1, 0.15) is 19.5 Å². The van der Waals surface area contributed by atoms with Crippen LogP contribution in [0.25, 0.3) is 0 Å². The second-order valence-corrected chi connectivity index (χ2v) is 4.54. The van der Waals surface area contributed by atoms with Gasteiger partial charge in [-0.1, -0.05) is 13.8 Å². The van der Waals surface area contributed by atoms with Gasteiger partial charge in [-0.3, -0.25) is 0 Å². The summed E-state index contributed by atoms with van der Waals surface area (Å²) in [4.78, 5) is 3.18. The van der Waals surface area contributed by atoms with E-state index in [-0.39, 0.29) is 0 Å². The third-order valence-corrected chi connectivity index (χ3v) is 2.34. The average Bonchev–Trinajstić information content (AvgIpc) is 2.50. The van der Waals surface area contributed by atoms with Gasteiger partial charge in [-0.2, -0.15) is 0 Å². The van der Waals surface area contributed by atoms with E-state index in [2.05, 4.69) is 51.5 Å². The van der Waals surface area contributed by atoms with Crippen LogP contribution in [-0.4, -0.2) is 24.1 Å². The Morgan fingerprint density at radius 3 is 2.79 bits per heavy atom. The van der Waals surface area contributed by atoms with Crippen LogP contribution >= 0.6 is 15.9 Å². The molecule has 3 nitrogen and oxygen atoms in total. The zero-order valence-corrected chi connectivity index (χ0v) is 10.3. The third-order valence-electron chi connectivity index (χ3n) is 1.88. The minimum Gasteiger partial charge on any atom is -0.363 e. The van der Waals surface area contributed by atoms with Crippen LogP contribution < -0.4 is 10.6 Å². The second kappa shape index (κ2) is 6.22. The number of aromatic nitrogens is 1. The molecular weight excluding hydrogens is 242 g/mol. The predicted octanol–water partition coefficient (Wildman–Crippen LogP) is 1.86. The summed E-state index contributed by atoms with van der Waals surface area (Å²) < 4.78 is 1.11. The van der Waals surface area contributed by atoms with Crippen molar-refractivity contribution in [3.63, 3.8) is 0 Å². The van der Waals surface area contributed by atoms with Gasteiger partial charge in [-0.05, 0) is 22.0 Å². The highest BCUT2D eigenvalue weighted by atomic mass is 79.9. The Morgan fingerprint density at radius 2 is 2.21 bits per heavy atom. The van der Waals surface area contributed by atoms with Crippen LogP contribution in [-0.2, 0) is 6.54 Å². The molecule has 1 aromatic heterocycles. The highest BCUT2D eigenvalue weighted by Gasteiger charge is 1.95. The number of halogens is 1. The van der Waals surface area contributed by atoms with Crippen LogP contribution in [0, 0.1) is 0 Å². The average molecular weight is 260 g/mol. The molecule has 0 aliphatic rings. The molecule has 0 saturated carbocycles. The van der Waals surface area contributed by atoms with E-state index in [1.165, 1.54) is 5.69 Å². The minimum absolute atomic E-state index is 0.566. The van der Waals surface area contributed by atoms with Gasteiger partial charge < -0.3 is 15.6 Å². The molecule has 0 atom stereocenters. The van der Waals surface area contributed by atoms with Gasteiger partial charge in [0.2, 0.25) is 0 Å². The Kier molecular flexibility index (Phi) is 5.22. The summed E-state index contributed by atoms with van der Waals surface area (Å²) in [5.74, 6) is 0. The van der Waals surface area contributed by atoms with Gasteiger partial charge in [0.25, 0.3) is 0 Å². The van der Waals surface area contributed by atoms with Gasteiger partial charge in [-0.25, -0.2) is 0 Å². The molecule has 0 unspecified atom stereocenters. The van der Waals surface area contributed by atoms with Crippen molar-refractivity contribution in [2.45, 2.75) is 26.4 Å². The summed E-state index contributed by atoms with van der Waals surface area (Å²) in [5.41, 5.74) is 1.21. The number of H-pyrrole nitrogens is 1. The first-order valence-electron chi connectivity index (χ1n) is 4.95. The second-order valence-electron chi connectivity index (χ2n) is 3.63. The van der Waals surface area contributed by atoms with Crippen LogP contribution in [0.4, 0.5) is 0 Å². The van der Waals surface area contributed by atoms with Gasteiger partial charge >= 0.3 is 0 Å². The molecule has 1 rings (SSSR count). The Bertz CT molecular complexity index is 258. The first-order chi connectivity index (χ1) is 6.68. The topological polar surface area (TPSA) is 39.8 Å². The van der Waals surface area contributed by atoms with E-state index < -0.39 is 0 Å². The lowest BCUT2D eigenvalue weighted by atomic mass is 10.4. The summed E-state index contributed by atoms with van der Waals surface area (Å²) in [6, 6.07) is 2.65. The van der Waals surface area contributed by atoms with E-state index in [4.69, 9.17) is 0 Å². The highest BCUT2D eigenvalue weighted by molar-refractivity contribution is 9.10. The summed E-state index contributed by atoms with van der Waals surface area (Å²) in [6.07, 6.45) is 1.95. The molecule has 0 fully saturated rings. The monoisotopic (exact) mass is 259 g/mol. The van der Waals surface area contributed by atoms with E-state index in [9.17, 15) is 0 Å². The fourth-order valence-electron chi connectivity index (χ4n) is 1.19. The Hall–Kier alpha value is -0.320. The molecule has 3 N–H and O–H groups in total. The maximum absolute atomic E-state index is 3.40. The lowest BCUT2D eigenvalue weighted by Crippen LogP contribution is -2.31. The Labute approximate surface area is 93.8 Å². The summed E-state index contributed by atoms with van der Waals surface area (Å²) >= 11 is 3.40. The maximum Gasteiger partial charge on any atom is 0.0358 e. The zero-order valence-electron chi connectivity index (χ0n) is 8.73. The lowest BCUT2D eigenvalue weighted by Gasteiger charge is -2.08. The van der Waals surface area contributed by atoms with Crippen LogP contribution in [0.3, 0.4) is 0 Å². The summed E-state index contributed by atoms with van der Waals surface area (Å²) in [7, 11) is 0. The fourth-order valence-corrected chi connectivity index (χ4v) is 1.58. The molecule has 0 aromatic carbocycles. The predicted molar refractivity (Wildman–Crippen MR) is 63.3 cm³/mol. The normalized spacial score (nSPS) is 11.1. The van der Waals surface area contributed by atoms with E-state index >= 15 is 0 Å². The first-order valence-corrected chi connectivity index (χ1v) is 5.74. The number of hydrogen-bond acceptors (Lipinski definition) is 2. The molecule has 0 spiro atoms. The largest absolute Gasteiger partial charge is 0.363 e. The molecule has 1 aromatic rings. The van der Waals surface area contributed by atoms with Crippen molar-refractivity contribution in [2.24, 2.45) is 0 Å². The molecular formula is C10H18BrN3. The van der Waals surface area contributed by atoms with Crippen molar-refractivity contribution in [1.82, 2.24) is 15.6 Å². The van der Waals surface area contributed by atoms with Crippen molar-refractivity contribution in [1.29, 1.82) is 0 Å². The molecule has 0 aliphatic carbocycles.